The van der Waals surface area contributed by atoms with Crippen molar-refractivity contribution in [2.24, 2.45) is 0 Å². The van der Waals surface area contributed by atoms with Crippen LogP contribution in [0.5, 0.6) is 0 Å². The van der Waals surface area contributed by atoms with Crippen molar-refractivity contribution in [2.75, 3.05) is 0 Å². The molecule has 1 heterocycles. The minimum Gasteiger partial charge on any atom is -0.135 e. The van der Waals surface area contributed by atoms with Gasteiger partial charge in [0.15, 0.2) is 0 Å². The highest BCUT2D eigenvalue weighted by Gasteiger charge is 2.18. The summed E-state index contributed by atoms with van der Waals surface area (Å²) in [5, 5.41) is 5.47. The molecule has 0 fully saturated rings. The molecular formula is C23H15IS. The number of rotatable bonds is 1. The quantitative estimate of drug-likeness (QED) is 0.229. The summed E-state index contributed by atoms with van der Waals surface area (Å²) in [6.45, 7) is 2.17. The van der Waals surface area contributed by atoms with Crippen molar-refractivity contribution in [3.05, 3.63) is 81.9 Å². The molecule has 2 heteroatoms. The highest BCUT2D eigenvalue weighted by molar-refractivity contribution is 14.1. The maximum Gasteiger partial charge on any atom is 0.0440 e. The van der Waals surface area contributed by atoms with Crippen LogP contribution in [0.3, 0.4) is 0 Å². The van der Waals surface area contributed by atoms with Crippen LogP contribution < -0.4 is 0 Å². The smallest absolute Gasteiger partial charge is 0.0440 e. The summed E-state index contributed by atoms with van der Waals surface area (Å²) in [5.41, 5.74) is 3.98. The van der Waals surface area contributed by atoms with Crippen LogP contribution in [-0.2, 0) is 0 Å². The molecular weight excluding hydrogens is 435 g/mol. The molecule has 5 aromatic rings. The van der Waals surface area contributed by atoms with Crippen molar-refractivity contribution < 1.29 is 0 Å². The Bertz CT molecular complexity index is 1260. The van der Waals surface area contributed by atoms with Gasteiger partial charge in [0.05, 0.1) is 0 Å². The maximum absolute atomic E-state index is 2.54. The van der Waals surface area contributed by atoms with Crippen molar-refractivity contribution in [2.45, 2.75) is 6.92 Å². The number of thiophene rings is 1. The van der Waals surface area contributed by atoms with Gasteiger partial charge in [0.1, 0.15) is 0 Å². The second-order valence-corrected chi connectivity index (χ2v) is 8.54. The van der Waals surface area contributed by atoms with Gasteiger partial charge in [-0.1, -0.05) is 72.3 Å². The molecule has 0 aliphatic heterocycles. The van der Waals surface area contributed by atoms with E-state index in [-0.39, 0.29) is 0 Å². The molecule has 0 N–H and O–H groups in total. The third-order valence-corrected chi connectivity index (χ3v) is 7.10. The zero-order chi connectivity index (χ0) is 17.0. The Kier molecular flexibility index (Phi) is 3.57. The third kappa shape index (κ3) is 2.31. The van der Waals surface area contributed by atoms with Crippen LogP contribution in [0.25, 0.3) is 42.1 Å². The lowest BCUT2D eigenvalue weighted by atomic mass is 9.95. The zero-order valence-electron chi connectivity index (χ0n) is 13.7. The molecule has 0 aliphatic rings. The number of fused-ring (bicyclic) bond motifs is 5. The average molecular weight is 450 g/mol. The summed E-state index contributed by atoms with van der Waals surface area (Å²) in [5.74, 6) is 0. The van der Waals surface area contributed by atoms with E-state index in [9.17, 15) is 0 Å². The van der Waals surface area contributed by atoms with E-state index in [1.165, 1.54) is 51.2 Å². The number of halogens is 1. The van der Waals surface area contributed by atoms with Crippen molar-refractivity contribution in [3.63, 3.8) is 0 Å². The first-order valence-electron chi connectivity index (χ1n) is 8.32. The molecule has 0 amide bonds. The molecule has 5 rings (SSSR count). The minimum absolute atomic E-state index is 1.30. The number of benzene rings is 4. The van der Waals surface area contributed by atoms with E-state index < -0.39 is 0 Å². The lowest BCUT2D eigenvalue weighted by molar-refractivity contribution is 1.47. The summed E-state index contributed by atoms with van der Waals surface area (Å²) >= 11 is 4.45. The Morgan fingerprint density at radius 3 is 2.28 bits per heavy atom. The van der Waals surface area contributed by atoms with Gasteiger partial charge in [-0.15, -0.1) is 11.3 Å². The summed E-state index contributed by atoms with van der Waals surface area (Å²) in [6.07, 6.45) is 0. The summed E-state index contributed by atoms with van der Waals surface area (Å²) in [7, 11) is 0. The van der Waals surface area contributed by atoms with Crippen LogP contribution in [0, 0.1) is 10.5 Å². The number of aryl methyl sites for hydroxylation is 1. The molecule has 25 heavy (non-hydrogen) atoms. The van der Waals surface area contributed by atoms with Crippen molar-refractivity contribution in [3.8, 4) is 11.1 Å². The second kappa shape index (κ2) is 5.82. The third-order valence-electron chi connectivity index (χ3n) is 4.78. The van der Waals surface area contributed by atoms with Crippen LogP contribution in [0.4, 0.5) is 0 Å². The lowest BCUT2D eigenvalue weighted by Crippen LogP contribution is -1.88. The predicted octanol–water partition coefficient (Wildman–Crippen LogP) is 7.79. The molecule has 0 radical (unpaired) electrons. The first kappa shape index (κ1) is 15.4. The standard InChI is InChI=1S/C23H15IS/c1-14-7-6-8-15(13-14)20-21-18-11-4-5-12-19(18)25-23(21)17-10-3-2-9-16(17)22(20)24/h2-13H,1H3. The van der Waals surface area contributed by atoms with Gasteiger partial charge in [-0.3, -0.25) is 0 Å². The highest BCUT2D eigenvalue weighted by Crippen LogP contribution is 2.46. The summed E-state index contributed by atoms with van der Waals surface area (Å²) in [4.78, 5) is 0. The normalized spacial score (nSPS) is 11.6. The fourth-order valence-electron chi connectivity index (χ4n) is 3.67. The van der Waals surface area contributed by atoms with Gasteiger partial charge < -0.3 is 0 Å². The monoisotopic (exact) mass is 450 g/mol. The van der Waals surface area contributed by atoms with E-state index >= 15 is 0 Å². The number of hydrogen-bond acceptors (Lipinski definition) is 1. The van der Waals surface area contributed by atoms with Crippen molar-refractivity contribution in [1.82, 2.24) is 0 Å². The molecule has 1 aromatic heterocycles. The zero-order valence-corrected chi connectivity index (χ0v) is 16.7. The Labute approximate surface area is 164 Å². The minimum atomic E-state index is 1.30. The summed E-state index contributed by atoms with van der Waals surface area (Å²) in [6, 6.07) is 26.5. The van der Waals surface area contributed by atoms with Crippen LogP contribution in [0.15, 0.2) is 72.8 Å². The Morgan fingerprint density at radius 1 is 0.760 bits per heavy atom. The van der Waals surface area contributed by atoms with E-state index in [4.69, 9.17) is 0 Å². The van der Waals surface area contributed by atoms with Crippen LogP contribution in [-0.4, -0.2) is 0 Å². The summed E-state index contributed by atoms with van der Waals surface area (Å²) < 4.78 is 4.10. The first-order chi connectivity index (χ1) is 12.2. The highest BCUT2D eigenvalue weighted by atomic mass is 127. The van der Waals surface area contributed by atoms with E-state index in [1.54, 1.807) is 0 Å². The molecule has 0 spiro atoms. The fourth-order valence-corrected chi connectivity index (χ4v) is 5.97. The van der Waals surface area contributed by atoms with Crippen LogP contribution in [0.1, 0.15) is 5.56 Å². The van der Waals surface area contributed by atoms with Crippen molar-refractivity contribution in [1.29, 1.82) is 0 Å². The lowest BCUT2D eigenvalue weighted by Gasteiger charge is -2.13. The Hall–Kier alpha value is -1.91. The van der Waals surface area contributed by atoms with Crippen LogP contribution in [0.2, 0.25) is 0 Å². The average Bonchev–Trinajstić information content (AvgIpc) is 3.02. The molecule has 120 valence electrons. The molecule has 0 atom stereocenters. The fraction of sp³-hybridized carbons (Fsp3) is 0.0435. The van der Waals surface area contributed by atoms with Gasteiger partial charge in [0.25, 0.3) is 0 Å². The van der Waals surface area contributed by atoms with E-state index in [1.807, 2.05) is 11.3 Å². The molecule has 0 nitrogen and oxygen atoms in total. The molecule has 0 aliphatic carbocycles. The van der Waals surface area contributed by atoms with Gasteiger partial charge in [-0.2, -0.15) is 0 Å². The molecule has 0 unspecified atom stereocenters. The Morgan fingerprint density at radius 2 is 1.48 bits per heavy atom. The second-order valence-electron chi connectivity index (χ2n) is 6.41. The van der Waals surface area contributed by atoms with Crippen LogP contribution >= 0.6 is 33.9 Å². The largest absolute Gasteiger partial charge is 0.135 e. The van der Waals surface area contributed by atoms with E-state index in [0.29, 0.717) is 0 Å². The van der Waals surface area contributed by atoms with E-state index in [0.717, 1.165) is 0 Å². The van der Waals surface area contributed by atoms with Gasteiger partial charge in [0, 0.05) is 34.7 Å². The first-order valence-corrected chi connectivity index (χ1v) is 10.2. The molecule has 0 saturated carbocycles. The van der Waals surface area contributed by atoms with Gasteiger partial charge in [0.2, 0.25) is 0 Å². The SMILES string of the molecule is Cc1cccc(-c2c(I)c3ccccc3c3sc4ccccc4c23)c1. The number of hydrogen-bond donors (Lipinski definition) is 0. The Balaban J connectivity index is 2.09. The maximum atomic E-state index is 2.54. The predicted molar refractivity (Wildman–Crippen MR) is 120 cm³/mol. The molecule has 0 bridgehead atoms. The van der Waals surface area contributed by atoms with E-state index in [2.05, 4.69) is 102 Å². The van der Waals surface area contributed by atoms with Crippen molar-refractivity contribution >= 4 is 64.9 Å². The molecule has 0 saturated heterocycles. The van der Waals surface area contributed by atoms with Gasteiger partial charge >= 0.3 is 0 Å². The topological polar surface area (TPSA) is 0 Å². The van der Waals surface area contributed by atoms with Gasteiger partial charge in [-0.05, 0) is 46.5 Å². The van der Waals surface area contributed by atoms with Gasteiger partial charge in [-0.25, -0.2) is 0 Å². The molecule has 4 aromatic carbocycles.